The standard InChI is InChI=1S/C22H38O3Si/c1-10-17(2)21(18(3)15-25-26(8,9)22(4,5)6)24-16-19-11-13-20(23-7)14-12-19/h10-14,17-18,21H,1,15-16H2,2-9H3/t17-,18+,21-/m0/s1. The van der Waals surface area contributed by atoms with E-state index in [-0.39, 0.29) is 17.1 Å². The maximum Gasteiger partial charge on any atom is 0.191 e. The van der Waals surface area contributed by atoms with Gasteiger partial charge in [0, 0.05) is 18.4 Å². The minimum atomic E-state index is -1.75. The van der Waals surface area contributed by atoms with Crippen molar-refractivity contribution in [3.05, 3.63) is 42.5 Å². The fourth-order valence-electron chi connectivity index (χ4n) is 2.53. The second-order valence-electron chi connectivity index (χ2n) is 8.77. The van der Waals surface area contributed by atoms with Crippen LogP contribution in [0, 0.1) is 11.8 Å². The summed E-state index contributed by atoms with van der Waals surface area (Å²) in [5.41, 5.74) is 1.14. The summed E-state index contributed by atoms with van der Waals surface area (Å²) in [6.45, 7) is 21.0. The van der Waals surface area contributed by atoms with Crippen molar-refractivity contribution in [2.24, 2.45) is 11.8 Å². The molecular weight excluding hydrogens is 340 g/mol. The van der Waals surface area contributed by atoms with Crippen LogP contribution in [0.1, 0.15) is 40.2 Å². The minimum Gasteiger partial charge on any atom is -0.497 e. The highest BCUT2D eigenvalue weighted by molar-refractivity contribution is 6.74. The van der Waals surface area contributed by atoms with E-state index in [2.05, 4.69) is 54.3 Å². The van der Waals surface area contributed by atoms with Crippen molar-refractivity contribution in [1.29, 1.82) is 0 Å². The third-order valence-electron chi connectivity index (χ3n) is 5.57. The van der Waals surface area contributed by atoms with E-state index in [0.29, 0.717) is 12.5 Å². The summed E-state index contributed by atoms with van der Waals surface area (Å²) in [6, 6.07) is 8.03. The van der Waals surface area contributed by atoms with Gasteiger partial charge in [0.25, 0.3) is 0 Å². The van der Waals surface area contributed by atoms with E-state index in [1.165, 1.54) is 0 Å². The van der Waals surface area contributed by atoms with E-state index in [1.807, 2.05) is 30.3 Å². The van der Waals surface area contributed by atoms with Crippen LogP contribution in [-0.4, -0.2) is 28.1 Å². The summed E-state index contributed by atoms with van der Waals surface area (Å²) in [4.78, 5) is 0. The monoisotopic (exact) mass is 378 g/mol. The van der Waals surface area contributed by atoms with E-state index in [0.717, 1.165) is 17.9 Å². The Kier molecular flexibility index (Phi) is 8.58. The molecule has 0 aliphatic heterocycles. The number of hydrogen-bond acceptors (Lipinski definition) is 3. The van der Waals surface area contributed by atoms with Gasteiger partial charge in [-0.1, -0.05) is 52.8 Å². The van der Waals surface area contributed by atoms with Crippen molar-refractivity contribution < 1.29 is 13.9 Å². The van der Waals surface area contributed by atoms with Crippen molar-refractivity contribution in [2.75, 3.05) is 13.7 Å². The second kappa shape index (κ2) is 9.72. The predicted molar refractivity (Wildman–Crippen MR) is 113 cm³/mol. The topological polar surface area (TPSA) is 27.7 Å². The van der Waals surface area contributed by atoms with Crippen LogP contribution in [0.2, 0.25) is 18.1 Å². The first kappa shape index (κ1) is 22.9. The molecule has 1 aromatic carbocycles. The molecule has 0 aliphatic carbocycles. The quantitative estimate of drug-likeness (QED) is 0.366. The number of hydrogen-bond donors (Lipinski definition) is 0. The third-order valence-corrected chi connectivity index (χ3v) is 10.1. The van der Waals surface area contributed by atoms with Gasteiger partial charge in [-0.15, -0.1) is 6.58 Å². The molecule has 4 heteroatoms. The van der Waals surface area contributed by atoms with Crippen molar-refractivity contribution in [3.63, 3.8) is 0 Å². The second-order valence-corrected chi connectivity index (χ2v) is 13.6. The summed E-state index contributed by atoms with van der Waals surface area (Å²) >= 11 is 0. The van der Waals surface area contributed by atoms with Gasteiger partial charge in [-0.2, -0.15) is 0 Å². The van der Waals surface area contributed by atoms with Gasteiger partial charge in [0.1, 0.15) is 5.75 Å². The van der Waals surface area contributed by atoms with Gasteiger partial charge >= 0.3 is 0 Å². The Hall–Kier alpha value is -1.10. The third kappa shape index (κ3) is 6.56. The zero-order valence-corrected chi connectivity index (χ0v) is 19.0. The maximum atomic E-state index is 6.42. The molecule has 0 fully saturated rings. The van der Waals surface area contributed by atoms with E-state index in [4.69, 9.17) is 13.9 Å². The average Bonchev–Trinajstić information content (AvgIpc) is 2.59. The van der Waals surface area contributed by atoms with Gasteiger partial charge in [-0.25, -0.2) is 0 Å². The molecule has 0 aliphatic rings. The molecule has 3 atom stereocenters. The molecular formula is C22H38O3Si. The van der Waals surface area contributed by atoms with Gasteiger partial charge in [0.15, 0.2) is 8.32 Å². The lowest BCUT2D eigenvalue weighted by molar-refractivity contribution is -0.0292. The Morgan fingerprint density at radius 2 is 1.69 bits per heavy atom. The summed E-state index contributed by atoms with van der Waals surface area (Å²) in [5.74, 6) is 1.43. The highest BCUT2D eigenvalue weighted by Gasteiger charge is 2.38. The van der Waals surface area contributed by atoms with Gasteiger partial charge in [-0.05, 0) is 35.8 Å². The van der Waals surface area contributed by atoms with E-state index in [1.54, 1.807) is 7.11 Å². The van der Waals surface area contributed by atoms with Gasteiger partial charge < -0.3 is 13.9 Å². The normalized spacial score (nSPS) is 16.0. The lowest BCUT2D eigenvalue weighted by Crippen LogP contribution is -2.43. The molecule has 0 saturated carbocycles. The minimum absolute atomic E-state index is 0.0828. The largest absolute Gasteiger partial charge is 0.497 e. The first-order chi connectivity index (χ1) is 12.0. The molecule has 0 bridgehead atoms. The van der Waals surface area contributed by atoms with Crippen LogP contribution < -0.4 is 4.74 Å². The lowest BCUT2D eigenvalue weighted by Gasteiger charge is -2.38. The fourth-order valence-corrected chi connectivity index (χ4v) is 3.65. The summed E-state index contributed by atoms with van der Waals surface area (Å²) in [7, 11) is -0.0733. The molecule has 1 aromatic rings. The Balaban J connectivity index is 2.71. The van der Waals surface area contributed by atoms with Gasteiger partial charge in [-0.3, -0.25) is 0 Å². The molecule has 26 heavy (non-hydrogen) atoms. The molecule has 0 spiro atoms. The van der Waals surface area contributed by atoms with Crippen LogP contribution in [-0.2, 0) is 15.8 Å². The van der Waals surface area contributed by atoms with Gasteiger partial charge in [0.05, 0.1) is 19.8 Å². The zero-order chi connectivity index (χ0) is 20.0. The first-order valence-corrected chi connectivity index (χ1v) is 12.4. The van der Waals surface area contributed by atoms with Crippen molar-refractivity contribution in [3.8, 4) is 5.75 Å². The molecule has 0 saturated heterocycles. The molecule has 0 N–H and O–H groups in total. The zero-order valence-electron chi connectivity index (χ0n) is 18.0. The van der Waals surface area contributed by atoms with Crippen molar-refractivity contribution in [2.45, 2.75) is 65.5 Å². The van der Waals surface area contributed by atoms with E-state index in [9.17, 15) is 0 Å². The molecule has 1 rings (SSSR count). The smallest absolute Gasteiger partial charge is 0.191 e. The Morgan fingerprint density at radius 3 is 2.15 bits per heavy atom. The Morgan fingerprint density at radius 1 is 1.12 bits per heavy atom. The van der Waals surface area contributed by atoms with Crippen LogP contribution >= 0.6 is 0 Å². The molecule has 148 valence electrons. The highest BCUT2D eigenvalue weighted by atomic mass is 28.4. The van der Waals surface area contributed by atoms with Crippen LogP contribution in [0.15, 0.2) is 36.9 Å². The molecule has 3 nitrogen and oxygen atoms in total. The fraction of sp³-hybridized carbons (Fsp3) is 0.636. The van der Waals surface area contributed by atoms with Crippen LogP contribution in [0.25, 0.3) is 0 Å². The number of methoxy groups -OCH3 is 1. The van der Waals surface area contributed by atoms with Crippen molar-refractivity contribution in [1.82, 2.24) is 0 Å². The summed E-state index contributed by atoms with van der Waals surface area (Å²) in [5, 5.41) is 0.218. The summed E-state index contributed by atoms with van der Waals surface area (Å²) in [6.07, 6.45) is 2.06. The number of rotatable bonds is 10. The first-order valence-electron chi connectivity index (χ1n) is 9.53. The Bertz CT molecular complexity index is 546. The van der Waals surface area contributed by atoms with E-state index < -0.39 is 8.32 Å². The molecule has 0 unspecified atom stereocenters. The van der Waals surface area contributed by atoms with Crippen molar-refractivity contribution >= 4 is 8.32 Å². The average molecular weight is 379 g/mol. The predicted octanol–water partition coefficient (Wildman–Crippen LogP) is 6.06. The lowest BCUT2D eigenvalue weighted by atomic mass is 9.94. The number of ether oxygens (including phenoxy) is 2. The molecule has 0 heterocycles. The summed E-state index contributed by atoms with van der Waals surface area (Å²) < 4.78 is 17.9. The SMILES string of the molecule is C=C[C@H](C)[C@H](OCc1ccc(OC)cc1)[C@H](C)CO[Si](C)(C)C(C)(C)C. The maximum absolute atomic E-state index is 6.42. The highest BCUT2D eigenvalue weighted by Crippen LogP contribution is 2.37. The van der Waals surface area contributed by atoms with Crippen LogP contribution in [0.3, 0.4) is 0 Å². The van der Waals surface area contributed by atoms with Crippen LogP contribution in [0.5, 0.6) is 5.75 Å². The van der Waals surface area contributed by atoms with Crippen LogP contribution in [0.4, 0.5) is 0 Å². The van der Waals surface area contributed by atoms with Gasteiger partial charge in [0.2, 0.25) is 0 Å². The van der Waals surface area contributed by atoms with E-state index >= 15 is 0 Å². The molecule has 0 amide bonds. The molecule has 0 aromatic heterocycles. The number of benzene rings is 1. The Labute approximate surface area is 161 Å². The molecule has 0 radical (unpaired) electrons.